The van der Waals surface area contributed by atoms with Gasteiger partial charge in [-0.25, -0.2) is 4.79 Å². The maximum absolute atomic E-state index is 12.7. The van der Waals surface area contributed by atoms with Crippen molar-refractivity contribution in [2.75, 3.05) is 13.1 Å². The fourth-order valence-corrected chi connectivity index (χ4v) is 4.30. The molecule has 0 saturated carbocycles. The zero-order valence-electron chi connectivity index (χ0n) is 17.3. The summed E-state index contributed by atoms with van der Waals surface area (Å²) in [4.78, 5) is 14.6. The molecule has 2 amide bonds. The number of carbonyl (C=O) groups excluding carboxylic acids is 1. The van der Waals surface area contributed by atoms with E-state index in [2.05, 4.69) is 35.4 Å². The van der Waals surface area contributed by atoms with Crippen molar-refractivity contribution in [1.82, 2.24) is 25.0 Å². The van der Waals surface area contributed by atoms with Crippen LogP contribution in [0.15, 0.2) is 18.2 Å². The first-order chi connectivity index (χ1) is 13.9. The first kappa shape index (κ1) is 19.7. The summed E-state index contributed by atoms with van der Waals surface area (Å²) in [5.41, 5.74) is 2.11. The predicted octanol–water partition coefficient (Wildman–Crippen LogP) is 2.11. The molecular weight excluding hydrogens is 370 g/mol. The zero-order chi connectivity index (χ0) is 20.6. The summed E-state index contributed by atoms with van der Waals surface area (Å²) in [6, 6.07) is 6.07. The highest BCUT2D eigenvalue weighted by Gasteiger charge is 2.30. The Morgan fingerprint density at radius 2 is 2.21 bits per heavy atom. The second kappa shape index (κ2) is 7.67. The quantitative estimate of drug-likeness (QED) is 0.822. The second-order valence-electron chi connectivity index (χ2n) is 8.62. The smallest absolute Gasteiger partial charge is 0.317 e. The van der Waals surface area contributed by atoms with Crippen molar-refractivity contribution in [2.45, 2.75) is 57.8 Å². The van der Waals surface area contributed by atoms with E-state index < -0.39 is 0 Å². The number of aliphatic hydroxyl groups is 1. The molecule has 0 bridgehead atoms. The van der Waals surface area contributed by atoms with E-state index in [4.69, 9.17) is 4.74 Å². The number of aliphatic hydroxyl groups excluding tert-OH is 1. The third-order valence-electron chi connectivity index (χ3n) is 5.78. The van der Waals surface area contributed by atoms with Gasteiger partial charge in [0.15, 0.2) is 5.82 Å². The van der Waals surface area contributed by atoms with Crippen molar-refractivity contribution in [3.8, 4) is 5.75 Å². The van der Waals surface area contributed by atoms with Crippen LogP contribution in [0.3, 0.4) is 0 Å². The number of amides is 2. The molecule has 4 rings (SSSR count). The minimum absolute atomic E-state index is 0.0590. The van der Waals surface area contributed by atoms with Crippen LogP contribution in [0.1, 0.15) is 55.4 Å². The van der Waals surface area contributed by atoms with Gasteiger partial charge in [-0.1, -0.05) is 12.1 Å². The molecule has 8 nitrogen and oxygen atoms in total. The van der Waals surface area contributed by atoms with E-state index in [1.807, 2.05) is 28.6 Å². The van der Waals surface area contributed by atoms with Crippen LogP contribution in [-0.4, -0.2) is 49.5 Å². The minimum Gasteiger partial charge on any atom is -0.487 e. The number of ether oxygens (including phenoxy) is 1. The Kier molecular flexibility index (Phi) is 5.21. The van der Waals surface area contributed by atoms with Gasteiger partial charge >= 0.3 is 6.03 Å². The summed E-state index contributed by atoms with van der Waals surface area (Å²) in [7, 11) is 1.86. The number of rotatable bonds is 4. The number of piperidine rings is 1. The van der Waals surface area contributed by atoms with Crippen LogP contribution >= 0.6 is 0 Å². The predicted molar refractivity (Wildman–Crippen MR) is 108 cm³/mol. The molecule has 156 valence electrons. The molecule has 1 aromatic carbocycles. The van der Waals surface area contributed by atoms with Gasteiger partial charge in [-0.05, 0) is 43.9 Å². The molecule has 3 heterocycles. The molecule has 0 unspecified atom stereocenters. The average Bonchev–Trinajstić information content (AvgIpc) is 3.23. The summed E-state index contributed by atoms with van der Waals surface area (Å²) in [5, 5.41) is 20.6. The Labute approximate surface area is 170 Å². The minimum atomic E-state index is -0.164. The van der Waals surface area contributed by atoms with Crippen molar-refractivity contribution in [1.29, 1.82) is 0 Å². The number of fused-ring (bicyclic) bond motifs is 1. The van der Waals surface area contributed by atoms with Crippen LogP contribution in [0, 0.1) is 0 Å². The van der Waals surface area contributed by atoms with Crippen molar-refractivity contribution in [3.05, 3.63) is 41.0 Å². The van der Waals surface area contributed by atoms with E-state index in [1.54, 1.807) is 0 Å². The Morgan fingerprint density at radius 1 is 1.38 bits per heavy atom. The first-order valence-electron chi connectivity index (χ1n) is 10.2. The summed E-state index contributed by atoms with van der Waals surface area (Å²) < 4.78 is 7.75. The molecule has 2 N–H and O–H groups in total. The van der Waals surface area contributed by atoms with Gasteiger partial charge in [0, 0.05) is 39.0 Å². The van der Waals surface area contributed by atoms with Crippen molar-refractivity contribution in [2.24, 2.45) is 7.05 Å². The number of urea groups is 1. The maximum Gasteiger partial charge on any atom is 0.317 e. The van der Waals surface area contributed by atoms with Gasteiger partial charge in [-0.3, -0.25) is 0 Å². The van der Waals surface area contributed by atoms with Crippen LogP contribution in [0.2, 0.25) is 0 Å². The number of nitrogens with zero attached hydrogens (tertiary/aromatic N) is 4. The standard InChI is InChI=1S/C21H29N5O3/c1-21(2)10-16-9-14(6-7-17(16)29-21)11-22-20(28)26-8-4-5-15(12-26)19-24-23-18(13-27)25(19)3/h6-7,9,15,27H,4-5,8,10-13H2,1-3H3,(H,22,28)/t15-/m0/s1. The highest BCUT2D eigenvalue weighted by Crippen LogP contribution is 2.35. The van der Waals surface area contributed by atoms with Crippen molar-refractivity contribution < 1.29 is 14.6 Å². The number of aromatic nitrogens is 3. The first-order valence-corrected chi connectivity index (χ1v) is 10.2. The van der Waals surface area contributed by atoms with Crippen LogP contribution in [-0.2, 0) is 26.6 Å². The molecule has 0 spiro atoms. The molecule has 0 aliphatic carbocycles. The van der Waals surface area contributed by atoms with Crippen molar-refractivity contribution >= 4 is 6.03 Å². The van der Waals surface area contributed by atoms with Gasteiger partial charge < -0.3 is 24.6 Å². The van der Waals surface area contributed by atoms with Gasteiger partial charge in [0.05, 0.1) is 0 Å². The van der Waals surface area contributed by atoms with E-state index in [1.165, 1.54) is 5.56 Å². The Balaban J connectivity index is 1.36. The summed E-state index contributed by atoms with van der Waals surface area (Å²) in [6.45, 7) is 5.87. The normalized spacial score (nSPS) is 20.3. The van der Waals surface area contributed by atoms with Crippen LogP contribution in [0.25, 0.3) is 0 Å². The molecule has 2 aliphatic rings. The largest absolute Gasteiger partial charge is 0.487 e. The second-order valence-corrected chi connectivity index (χ2v) is 8.62. The van der Waals surface area contributed by atoms with Gasteiger partial charge in [0.25, 0.3) is 0 Å². The van der Waals surface area contributed by atoms with Gasteiger partial charge in [-0.15, -0.1) is 10.2 Å². The molecule has 8 heteroatoms. The molecule has 1 atom stereocenters. The number of likely N-dealkylation sites (tertiary alicyclic amines) is 1. The maximum atomic E-state index is 12.7. The van der Waals surface area contributed by atoms with E-state index >= 15 is 0 Å². The highest BCUT2D eigenvalue weighted by atomic mass is 16.5. The van der Waals surface area contributed by atoms with E-state index in [0.29, 0.717) is 18.9 Å². The van der Waals surface area contributed by atoms with Crippen LogP contribution in [0.4, 0.5) is 4.79 Å². The third kappa shape index (κ3) is 4.07. The van der Waals surface area contributed by atoms with Crippen LogP contribution in [0.5, 0.6) is 5.75 Å². The summed E-state index contributed by atoms with van der Waals surface area (Å²) >= 11 is 0. The monoisotopic (exact) mass is 399 g/mol. The number of hydrogen-bond acceptors (Lipinski definition) is 5. The highest BCUT2D eigenvalue weighted by molar-refractivity contribution is 5.74. The fraction of sp³-hybridized carbons (Fsp3) is 0.571. The molecule has 2 aliphatic heterocycles. The number of hydrogen-bond donors (Lipinski definition) is 2. The van der Waals surface area contributed by atoms with Gasteiger partial charge in [0.1, 0.15) is 23.8 Å². The van der Waals surface area contributed by atoms with E-state index in [-0.39, 0.29) is 24.2 Å². The van der Waals surface area contributed by atoms with Crippen molar-refractivity contribution in [3.63, 3.8) is 0 Å². The average molecular weight is 399 g/mol. The summed E-state index contributed by atoms with van der Waals surface area (Å²) in [5.74, 6) is 2.44. The zero-order valence-corrected chi connectivity index (χ0v) is 17.3. The topological polar surface area (TPSA) is 92.5 Å². The SMILES string of the molecule is Cn1c(CO)nnc1[C@H]1CCCN(C(=O)NCc2ccc3c(c2)CC(C)(C)O3)C1. The molecule has 0 radical (unpaired) electrons. The fourth-order valence-electron chi connectivity index (χ4n) is 4.30. The third-order valence-corrected chi connectivity index (χ3v) is 5.78. The number of benzene rings is 1. The molecule has 1 saturated heterocycles. The lowest BCUT2D eigenvalue weighted by molar-refractivity contribution is 0.138. The number of carbonyl (C=O) groups is 1. The lowest BCUT2D eigenvalue weighted by Gasteiger charge is -2.32. The Bertz CT molecular complexity index is 908. The Hall–Kier alpha value is -2.61. The van der Waals surface area contributed by atoms with Gasteiger partial charge in [-0.2, -0.15) is 0 Å². The van der Waals surface area contributed by atoms with Crippen LogP contribution < -0.4 is 10.1 Å². The van der Waals surface area contributed by atoms with E-state index in [9.17, 15) is 9.90 Å². The Morgan fingerprint density at radius 3 is 2.97 bits per heavy atom. The molecule has 29 heavy (non-hydrogen) atoms. The van der Waals surface area contributed by atoms with Gasteiger partial charge in [0.2, 0.25) is 0 Å². The molecule has 1 aromatic heterocycles. The van der Waals surface area contributed by atoms with E-state index in [0.717, 1.165) is 42.9 Å². The molecule has 2 aromatic rings. The molecule has 1 fully saturated rings. The number of nitrogens with one attached hydrogen (secondary N) is 1. The lowest BCUT2D eigenvalue weighted by atomic mass is 9.97. The lowest BCUT2D eigenvalue weighted by Crippen LogP contribution is -2.45. The summed E-state index contributed by atoms with van der Waals surface area (Å²) in [6.07, 6.45) is 2.76. The molecular formula is C21H29N5O3.